The SMILES string of the molecule is CC1CCCC(NC(=O)CCC2CCNC2)C1. The molecule has 98 valence electrons. The minimum atomic E-state index is 0.274. The van der Waals surface area contributed by atoms with E-state index in [1.807, 2.05) is 0 Å². The summed E-state index contributed by atoms with van der Waals surface area (Å²) >= 11 is 0. The van der Waals surface area contributed by atoms with E-state index in [2.05, 4.69) is 17.6 Å². The molecule has 0 spiro atoms. The summed E-state index contributed by atoms with van der Waals surface area (Å²) in [6, 6.07) is 0.452. The first-order valence-corrected chi connectivity index (χ1v) is 7.24. The summed E-state index contributed by atoms with van der Waals surface area (Å²) in [5.74, 6) is 1.79. The molecule has 1 saturated heterocycles. The van der Waals surface area contributed by atoms with Gasteiger partial charge in [-0.1, -0.05) is 19.8 Å². The van der Waals surface area contributed by atoms with Crippen LogP contribution in [-0.4, -0.2) is 25.0 Å². The zero-order valence-electron chi connectivity index (χ0n) is 11.0. The Bertz CT molecular complexity index is 249. The fourth-order valence-corrected chi connectivity index (χ4v) is 3.16. The number of amides is 1. The molecule has 1 heterocycles. The summed E-state index contributed by atoms with van der Waals surface area (Å²) in [5, 5.41) is 6.57. The van der Waals surface area contributed by atoms with Crippen molar-refractivity contribution >= 4 is 5.91 Å². The first-order chi connectivity index (χ1) is 8.24. The maximum Gasteiger partial charge on any atom is 0.220 e. The molecular weight excluding hydrogens is 212 g/mol. The molecular formula is C14H26N2O. The maximum atomic E-state index is 11.8. The molecule has 0 bridgehead atoms. The highest BCUT2D eigenvalue weighted by atomic mass is 16.1. The van der Waals surface area contributed by atoms with E-state index >= 15 is 0 Å². The van der Waals surface area contributed by atoms with Gasteiger partial charge in [-0.15, -0.1) is 0 Å². The monoisotopic (exact) mass is 238 g/mol. The summed E-state index contributed by atoms with van der Waals surface area (Å²) in [4.78, 5) is 11.8. The van der Waals surface area contributed by atoms with E-state index in [-0.39, 0.29) is 5.91 Å². The highest BCUT2D eigenvalue weighted by Crippen LogP contribution is 2.23. The van der Waals surface area contributed by atoms with Crippen LogP contribution < -0.4 is 10.6 Å². The molecule has 3 atom stereocenters. The van der Waals surface area contributed by atoms with Gasteiger partial charge < -0.3 is 10.6 Å². The average molecular weight is 238 g/mol. The van der Waals surface area contributed by atoms with Crippen molar-refractivity contribution in [3.8, 4) is 0 Å². The number of carbonyl (C=O) groups is 1. The van der Waals surface area contributed by atoms with Crippen LogP contribution in [0.4, 0.5) is 0 Å². The van der Waals surface area contributed by atoms with Gasteiger partial charge in [-0.3, -0.25) is 4.79 Å². The Morgan fingerprint density at radius 1 is 1.35 bits per heavy atom. The summed E-state index contributed by atoms with van der Waals surface area (Å²) in [6.45, 7) is 4.53. The largest absolute Gasteiger partial charge is 0.353 e. The Balaban J connectivity index is 1.62. The first-order valence-electron chi connectivity index (χ1n) is 7.24. The van der Waals surface area contributed by atoms with Crippen LogP contribution in [0.25, 0.3) is 0 Å². The van der Waals surface area contributed by atoms with Gasteiger partial charge in [0.15, 0.2) is 0 Å². The summed E-state index contributed by atoms with van der Waals surface area (Å²) < 4.78 is 0. The second-order valence-electron chi connectivity index (χ2n) is 5.93. The van der Waals surface area contributed by atoms with Gasteiger partial charge in [0.25, 0.3) is 0 Å². The van der Waals surface area contributed by atoms with Crippen molar-refractivity contribution in [3.63, 3.8) is 0 Å². The summed E-state index contributed by atoms with van der Waals surface area (Å²) in [6.07, 6.45) is 7.99. The molecule has 2 rings (SSSR count). The fourth-order valence-electron chi connectivity index (χ4n) is 3.16. The first kappa shape index (κ1) is 12.9. The molecule has 1 amide bonds. The van der Waals surface area contributed by atoms with Crippen molar-refractivity contribution in [2.75, 3.05) is 13.1 Å². The van der Waals surface area contributed by atoms with E-state index in [0.717, 1.165) is 37.8 Å². The molecule has 2 aliphatic rings. The van der Waals surface area contributed by atoms with Crippen molar-refractivity contribution in [2.24, 2.45) is 11.8 Å². The van der Waals surface area contributed by atoms with Crippen LogP contribution in [0.5, 0.6) is 0 Å². The van der Waals surface area contributed by atoms with Crippen LogP contribution in [0.1, 0.15) is 51.9 Å². The quantitative estimate of drug-likeness (QED) is 0.787. The summed E-state index contributed by atoms with van der Waals surface area (Å²) in [7, 11) is 0. The molecule has 1 aliphatic carbocycles. The van der Waals surface area contributed by atoms with E-state index in [1.54, 1.807) is 0 Å². The van der Waals surface area contributed by atoms with E-state index in [1.165, 1.54) is 32.1 Å². The minimum Gasteiger partial charge on any atom is -0.353 e. The van der Waals surface area contributed by atoms with Crippen molar-refractivity contribution in [1.82, 2.24) is 10.6 Å². The number of carbonyl (C=O) groups excluding carboxylic acids is 1. The van der Waals surface area contributed by atoms with Crippen LogP contribution in [0.3, 0.4) is 0 Å². The van der Waals surface area contributed by atoms with E-state index in [9.17, 15) is 4.79 Å². The van der Waals surface area contributed by atoms with Crippen LogP contribution in [0.15, 0.2) is 0 Å². The number of hydrogen-bond donors (Lipinski definition) is 2. The zero-order chi connectivity index (χ0) is 12.1. The third-order valence-corrected chi connectivity index (χ3v) is 4.24. The topological polar surface area (TPSA) is 41.1 Å². The van der Waals surface area contributed by atoms with E-state index in [0.29, 0.717) is 6.04 Å². The molecule has 17 heavy (non-hydrogen) atoms. The van der Waals surface area contributed by atoms with Crippen LogP contribution in [-0.2, 0) is 4.79 Å². The van der Waals surface area contributed by atoms with Crippen molar-refractivity contribution < 1.29 is 4.79 Å². The van der Waals surface area contributed by atoms with Gasteiger partial charge in [0.1, 0.15) is 0 Å². The molecule has 1 saturated carbocycles. The van der Waals surface area contributed by atoms with Gasteiger partial charge in [0.2, 0.25) is 5.91 Å². The Morgan fingerprint density at radius 2 is 2.24 bits per heavy atom. The molecule has 2 N–H and O–H groups in total. The van der Waals surface area contributed by atoms with Crippen LogP contribution in [0, 0.1) is 11.8 Å². The van der Waals surface area contributed by atoms with Crippen LogP contribution >= 0.6 is 0 Å². The molecule has 0 radical (unpaired) electrons. The van der Waals surface area contributed by atoms with Gasteiger partial charge in [0, 0.05) is 12.5 Å². The van der Waals surface area contributed by atoms with E-state index in [4.69, 9.17) is 0 Å². The van der Waals surface area contributed by atoms with Gasteiger partial charge in [-0.2, -0.15) is 0 Å². The predicted octanol–water partition coefficient (Wildman–Crippen LogP) is 2.07. The van der Waals surface area contributed by atoms with E-state index < -0.39 is 0 Å². The zero-order valence-corrected chi connectivity index (χ0v) is 11.0. The normalized spacial score (nSPS) is 33.6. The van der Waals surface area contributed by atoms with Crippen LogP contribution in [0.2, 0.25) is 0 Å². The Hall–Kier alpha value is -0.570. The lowest BCUT2D eigenvalue weighted by atomic mass is 9.87. The summed E-state index contributed by atoms with van der Waals surface area (Å²) in [5.41, 5.74) is 0. The molecule has 3 nitrogen and oxygen atoms in total. The highest BCUT2D eigenvalue weighted by Gasteiger charge is 2.21. The molecule has 0 aromatic carbocycles. The number of nitrogens with one attached hydrogen (secondary N) is 2. The third kappa shape index (κ3) is 4.30. The Kier molecular flexibility index (Phi) is 4.84. The Morgan fingerprint density at radius 3 is 2.94 bits per heavy atom. The molecule has 0 aromatic rings. The lowest BCUT2D eigenvalue weighted by Crippen LogP contribution is -2.38. The molecule has 3 heteroatoms. The molecule has 1 aliphatic heterocycles. The second kappa shape index (κ2) is 6.39. The lowest BCUT2D eigenvalue weighted by molar-refractivity contribution is -0.122. The number of rotatable bonds is 4. The lowest BCUT2D eigenvalue weighted by Gasteiger charge is -2.27. The maximum absolute atomic E-state index is 11.8. The minimum absolute atomic E-state index is 0.274. The molecule has 2 fully saturated rings. The van der Waals surface area contributed by atoms with Gasteiger partial charge in [0.05, 0.1) is 0 Å². The van der Waals surface area contributed by atoms with Crippen molar-refractivity contribution in [3.05, 3.63) is 0 Å². The predicted molar refractivity (Wildman–Crippen MR) is 69.8 cm³/mol. The highest BCUT2D eigenvalue weighted by molar-refractivity contribution is 5.76. The molecule has 0 aromatic heterocycles. The smallest absolute Gasteiger partial charge is 0.220 e. The van der Waals surface area contributed by atoms with Crippen molar-refractivity contribution in [2.45, 2.75) is 57.9 Å². The molecule has 3 unspecified atom stereocenters. The van der Waals surface area contributed by atoms with Gasteiger partial charge in [-0.05, 0) is 50.6 Å². The fraction of sp³-hybridized carbons (Fsp3) is 0.929. The Labute approximate surface area is 105 Å². The van der Waals surface area contributed by atoms with Gasteiger partial charge >= 0.3 is 0 Å². The number of hydrogen-bond acceptors (Lipinski definition) is 2. The third-order valence-electron chi connectivity index (χ3n) is 4.24. The average Bonchev–Trinajstić information content (AvgIpc) is 2.79. The standard InChI is InChI=1S/C14H26N2O/c1-11-3-2-4-13(9-11)16-14(17)6-5-12-7-8-15-10-12/h11-13,15H,2-10H2,1H3,(H,16,17). The van der Waals surface area contributed by atoms with Gasteiger partial charge in [-0.25, -0.2) is 0 Å². The second-order valence-corrected chi connectivity index (χ2v) is 5.93. The van der Waals surface area contributed by atoms with Crippen molar-refractivity contribution in [1.29, 1.82) is 0 Å².